The van der Waals surface area contributed by atoms with E-state index in [1.807, 2.05) is 6.07 Å². The first kappa shape index (κ1) is 16.6. The second-order valence-electron chi connectivity index (χ2n) is 4.23. The minimum absolute atomic E-state index is 0.181. The van der Waals surface area contributed by atoms with Crippen LogP contribution in [0.3, 0.4) is 0 Å². The first-order chi connectivity index (χ1) is 10.5. The number of hydrogen-bond acceptors (Lipinski definition) is 5. The van der Waals surface area contributed by atoms with Crippen molar-refractivity contribution in [1.29, 1.82) is 0 Å². The van der Waals surface area contributed by atoms with Gasteiger partial charge in [-0.25, -0.2) is 4.98 Å². The lowest BCUT2D eigenvalue weighted by molar-refractivity contribution is 0.107. The number of halogens is 2. The first-order valence-corrected chi connectivity index (χ1v) is 7.61. The third kappa shape index (κ3) is 3.90. The van der Waals surface area contributed by atoms with Crippen molar-refractivity contribution in [2.24, 2.45) is 0 Å². The third-order valence-electron chi connectivity index (χ3n) is 2.90. The zero-order valence-corrected chi connectivity index (χ0v) is 13.5. The van der Waals surface area contributed by atoms with E-state index in [0.29, 0.717) is 17.3 Å². The van der Waals surface area contributed by atoms with E-state index in [0.717, 1.165) is 11.6 Å². The molecule has 2 rings (SSSR count). The summed E-state index contributed by atoms with van der Waals surface area (Å²) in [7, 11) is 3.12. The highest BCUT2D eigenvalue weighted by atomic mass is 35.5. The fourth-order valence-electron chi connectivity index (χ4n) is 1.79. The fraction of sp³-hybridized carbons (Fsp3) is 0.200. The molecule has 0 aliphatic rings. The molecule has 0 amide bonds. The van der Waals surface area contributed by atoms with E-state index in [2.05, 4.69) is 4.98 Å². The average molecular weight is 342 g/mol. The van der Waals surface area contributed by atoms with Gasteiger partial charge in [0.05, 0.1) is 19.8 Å². The molecule has 0 unspecified atom stereocenters. The topological polar surface area (TPSA) is 48.4 Å². The summed E-state index contributed by atoms with van der Waals surface area (Å²) in [6.07, 6.45) is 0. The van der Waals surface area contributed by atoms with Crippen molar-refractivity contribution < 1.29 is 18.7 Å². The van der Waals surface area contributed by atoms with Crippen LogP contribution in [0.5, 0.6) is 11.5 Å². The van der Waals surface area contributed by atoms with Gasteiger partial charge in [0.1, 0.15) is 16.5 Å². The van der Waals surface area contributed by atoms with E-state index >= 15 is 0 Å². The molecule has 1 aromatic carbocycles. The monoisotopic (exact) mass is 341 g/mol. The van der Waals surface area contributed by atoms with Crippen LogP contribution in [-0.2, 0) is 5.75 Å². The van der Waals surface area contributed by atoms with Crippen molar-refractivity contribution in [3.8, 4) is 11.5 Å². The molecule has 0 N–H and O–H groups in total. The lowest BCUT2D eigenvalue weighted by Crippen LogP contribution is -1.98. The molecule has 4 nitrogen and oxygen atoms in total. The number of ether oxygens (including phenoxy) is 2. The molecule has 0 aliphatic heterocycles. The molecule has 0 aliphatic carbocycles. The summed E-state index contributed by atoms with van der Waals surface area (Å²) in [5.41, 5.74) is 1.05. The number of carbonyl (C=O) groups is 1. The highest BCUT2D eigenvalue weighted by Crippen LogP contribution is 2.31. The molecule has 116 valence electrons. The van der Waals surface area contributed by atoms with Crippen molar-refractivity contribution in [3.63, 3.8) is 0 Å². The average Bonchev–Trinajstić information content (AvgIpc) is 2.52. The quantitative estimate of drug-likeness (QED) is 0.453. The fourth-order valence-corrected chi connectivity index (χ4v) is 3.00. The van der Waals surface area contributed by atoms with Crippen LogP contribution in [0, 0.1) is 5.95 Å². The van der Waals surface area contributed by atoms with E-state index in [1.54, 1.807) is 26.4 Å². The molecule has 0 fully saturated rings. The van der Waals surface area contributed by atoms with Gasteiger partial charge in [0.2, 0.25) is 5.95 Å². The van der Waals surface area contributed by atoms with Crippen LogP contribution in [-0.4, -0.2) is 24.4 Å². The van der Waals surface area contributed by atoms with Crippen LogP contribution in [0.25, 0.3) is 0 Å². The molecule has 7 heteroatoms. The maximum Gasteiger partial charge on any atom is 0.255 e. The highest BCUT2D eigenvalue weighted by Gasteiger charge is 2.14. The van der Waals surface area contributed by atoms with Crippen LogP contribution in [0.15, 0.2) is 35.4 Å². The Morgan fingerprint density at radius 2 is 2.05 bits per heavy atom. The zero-order valence-electron chi connectivity index (χ0n) is 11.9. The second-order valence-corrected chi connectivity index (χ2v) is 5.53. The predicted octanol–water partition coefficient (Wildman–Crippen LogP) is 3.91. The molecular formula is C15H13ClFNO3S. The van der Waals surface area contributed by atoms with Crippen LogP contribution < -0.4 is 9.47 Å². The number of rotatable bonds is 6. The van der Waals surface area contributed by atoms with Gasteiger partial charge in [-0.2, -0.15) is 4.39 Å². The van der Waals surface area contributed by atoms with E-state index < -0.39 is 11.2 Å². The molecule has 0 bridgehead atoms. The second kappa shape index (κ2) is 7.47. The van der Waals surface area contributed by atoms with Crippen molar-refractivity contribution in [2.45, 2.75) is 10.8 Å². The summed E-state index contributed by atoms with van der Waals surface area (Å²) < 4.78 is 23.7. The summed E-state index contributed by atoms with van der Waals surface area (Å²) in [5, 5.41) is -0.422. The number of pyridine rings is 1. The van der Waals surface area contributed by atoms with Gasteiger partial charge in [0, 0.05) is 17.4 Å². The van der Waals surface area contributed by atoms with Crippen molar-refractivity contribution in [1.82, 2.24) is 4.98 Å². The predicted molar refractivity (Wildman–Crippen MR) is 83.5 cm³/mol. The van der Waals surface area contributed by atoms with Crippen LogP contribution in [0.2, 0.25) is 0 Å². The maximum absolute atomic E-state index is 13.3. The molecule has 1 heterocycles. The van der Waals surface area contributed by atoms with Gasteiger partial charge in [0.15, 0.2) is 0 Å². The number of hydrogen-bond donors (Lipinski definition) is 0. The highest BCUT2D eigenvalue weighted by molar-refractivity contribution is 7.98. The molecule has 0 radical (unpaired) electrons. The number of thioether (sulfide) groups is 1. The summed E-state index contributed by atoms with van der Waals surface area (Å²) in [6, 6.07) is 7.82. The standard InChI is InChI=1S/C15H13ClFNO3S/c1-20-10-4-3-9(12(7-10)21-2)8-22-15-11(14(16)19)5-6-13(17)18-15/h3-7H,8H2,1-2H3. The Balaban J connectivity index is 2.23. The van der Waals surface area contributed by atoms with Gasteiger partial charge in [-0.3, -0.25) is 4.79 Å². The molecule has 1 aromatic heterocycles. The Morgan fingerprint density at radius 1 is 1.27 bits per heavy atom. The van der Waals surface area contributed by atoms with Crippen LogP contribution in [0.1, 0.15) is 15.9 Å². The molecular weight excluding hydrogens is 329 g/mol. The van der Waals surface area contributed by atoms with Gasteiger partial charge >= 0.3 is 0 Å². The molecule has 22 heavy (non-hydrogen) atoms. The van der Waals surface area contributed by atoms with Gasteiger partial charge in [-0.1, -0.05) is 6.07 Å². The lowest BCUT2D eigenvalue weighted by Gasteiger charge is -2.10. The lowest BCUT2D eigenvalue weighted by atomic mass is 10.2. The molecule has 0 spiro atoms. The first-order valence-electron chi connectivity index (χ1n) is 6.25. The summed E-state index contributed by atoms with van der Waals surface area (Å²) >= 11 is 6.69. The smallest absolute Gasteiger partial charge is 0.255 e. The SMILES string of the molecule is COc1ccc(CSc2nc(F)ccc2C(=O)Cl)c(OC)c1. The van der Waals surface area contributed by atoms with Crippen molar-refractivity contribution in [2.75, 3.05) is 14.2 Å². The largest absolute Gasteiger partial charge is 0.497 e. The Bertz CT molecular complexity index is 696. The van der Waals surface area contributed by atoms with E-state index in [9.17, 15) is 9.18 Å². The summed E-state index contributed by atoms with van der Waals surface area (Å²) in [6.45, 7) is 0. The number of benzene rings is 1. The number of methoxy groups -OCH3 is 2. The van der Waals surface area contributed by atoms with E-state index in [1.165, 1.54) is 17.8 Å². The summed E-state index contributed by atoms with van der Waals surface area (Å²) in [4.78, 5) is 15.1. The van der Waals surface area contributed by atoms with Gasteiger partial charge in [0.25, 0.3) is 5.24 Å². The maximum atomic E-state index is 13.3. The molecule has 0 saturated carbocycles. The van der Waals surface area contributed by atoms with E-state index in [-0.39, 0.29) is 10.6 Å². The van der Waals surface area contributed by atoms with Gasteiger partial charge in [-0.05, 0) is 29.8 Å². The van der Waals surface area contributed by atoms with Gasteiger partial charge < -0.3 is 9.47 Å². The zero-order chi connectivity index (χ0) is 16.1. The Kier molecular flexibility index (Phi) is 5.63. The molecule has 0 saturated heterocycles. The van der Waals surface area contributed by atoms with Crippen LogP contribution in [0.4, 0.5) is 4.39 Å². The molecule has 0 atom stereocenters. The number of nitrogens with zero attached hydrogens (tertiary/aromatic N) is 1. The minimum atomic E-state index is -0.670. The van der Waals surface area contributed by atoms with Crippen molar-refractivity contribution in [3.05, 3.63) is 47.4 Å². The van der Waals surface area contributed by atoms with E-state index in [4.69, 9.17) is 21.1 Å². The summed E-state index contributed by atoms with van der Waals surface area (Å²) in [5.74, 6) is 1.10. The number of aromatic nitrogens is 1. The third-order valence-corrected chi connectivity index (χ3v) is 4.14. The minimum Gasteiger partial charge on any atom is -0.497 e. The Morgan fingerprint density at radius 3 is 2.68 bits per heavy atom. The van der Waals surface area contributed by atoms with Gasteiger partial charge in [-0.15, -0.1) is 11.8 Å². The Labute approximate surface area is 136 Å². The molecule has 2 aromatic rings. The van der Waals surface area contributed by atoms with Crippen molar-refractivity contribution >= 4 is 28.6 Å². The number of carbonyl (C=O) groups excluding carboxylic acids is 1. The van der Waals surface area contributed by atoms with Crippen LogP contribution >= 0.6 is 23.4 Å². The Hall–Kier alpha value is -1.79. The normalized spacial score (nSPS) is 10.4.